The highest BCUT2D eigenvalue weighted by molar-refractivity contribution is 5.89. The van der Waals surface area contributed by atoms with Crippen molar-refractivity contribution in [3.63, 3.8) is 0 Å². The second-order valence-corrected chi connectivity index (χ2v) is 6.28. The van der Waals surface area contributed by atoms with Crippen LogP contribution < -0.4 is 4.74 Å². The molecule has 2 rings (SSSR count). The molecule has 28 heavy (non-hydrogen) atoms. The minimum absolute atomic E-state index is 0.289. The van der Waals surface area contributed by atoms with Crippen LogP contribution in [0.15, 0.2) is 24.3 Å². The van der Waals surface area contributed by atoms with Crippen molar-refractivity contribution in [2.75, 3.05) is 7.11 Å². The van der Waals surface area contributed by atoms with Crippen LogP contribution in [0.3, 0.4) is 0 Å². The summed E-state index contributed by atoms with van der Waals surface area (Å²) in [5.41, 5.74) is 2.04. The molecule has 0 aliphatic heterocycles. The summed E-state index contributed by atoms with van der Waals surface area (Å²) in [6.07, 6.45) is 5.32. The number of aromatic carboxylic acids is 1. The number of carboxylic acid groups (broad SMARTS) is 1. The maximum Gasteiger partial charge on any atom is 0.335 e. The van der Waals surface area contributed by atoms with Crippen molar-refractivity contribution in [3.8, 4) is 28.7 Å². The van der Waals surface area contributed by atoms with Crippen molar-refractivity contribution in [1.29, 1.82) is 0 Å². The topological polar surface area (TPSA) is 127 Å². The number of carbonyl (C=O) groups is 1. The third-order valence-corrected chi connectivity index (χ3v) is 4.18. The van der Waals surface area contributed by atoms with Crippen LogP contribution in [0.4, 0.5) is 0 Å². The molecule has 0 spiro atoms. The van der Waals surface area contributed by atoms with Crippen molar-refractivity contribution in [3.05, 3.63) is 41.0 Å². The fraction of sp³-hybridized carbons (Fsp3) is 0.381. The number of phenols is 4. The van der Waals surface area contributed by atoms with Gasteiger partial charge in [-0.2, -0.15) is 0 Å². The monoisotopic (exact) mass is 392 g/mol. The van der Waals surface area contributed by atoms with E-state index in [-0.39, 0.29) is 5.56 Å². The fourth-order valence-corrected chi connectivity index (χ4v) is 2.69. The molecule has 0 bridgehead atoms. The smallest absolute Gasteiger partial charge is 0.335 e. The summed E-state index contributed by atoms with van der Waals surface area (Å²) >= 11 is 0. The van der Waals surface area contributed by atoms with E-state index in [1.54, 1.807) is 7.11 Å². The van der Waals surface area contributed by atoms with E-state index in [4.69, 9.17) is 25.2 Å². The van der Waals surface area contributed by atoms with Crippen molar-refractivity contribution < 1.29 is 35.1 Å². The summed E-state index contributed by atoms with van der Waals surface area (Å²) in [6.45, 7) is 4.32. The van der Waals surface area contributed by atoms with Gasteiger partial charge in [0.25, 0.3) is 0 Å². The summed E-state index contributed by atoms with van der Waals surface area (Å²) < 4.78 is 5.15. The third-order valence-electron chi connectivity index (χ3n) is 4.18. The summed E-state index contributed by atoms with van der Waals surface area (Å²) in [4.78, 5) is 10.3. The molecule has 0 unspecified atom stereocenters. The lowest BCUT2D eigenvalue weighted by molar-refractivity contribution is 0.0696. The van der Waals surface area contributed by atoms with Gasteiger partial charge in [0.05, 0.1) is 12.7 Å². The lowest BCUT2D eigenvalue weighted by Crippen LogP contribution is -1.97. The molecule has 0 saturated carbocycles. The molecule has 2 aromatic carbocycles. The second-order valence-electron chi connectivity index (χ2n) is 6.28. The molecule has 0 aliphatic rings. The fourth-order valence-electron chi connectivity index (χ4n) is 2.69. The molecule has 0 atom stereocenters. The molecule has 0 saturated heterocycles. The van der Waals surface area contributed by atoms with Gasteiger partial charge >= 0.3 is 5.97 Å². The highest BCUT2D eigenvalue weighted by Gasteiger charge is 2.12. The first-order valence-corrected chi connectivity index (χ1v) is 9.12. The molecule has 0 heterocycles. The van der Waals surface area contributed by atoms with E-state index in [0.29, 0.717) is 11.5 Å². The zero-order chi connectivity index (χ0) is 21.3. The van der Waals surface area contributed by atoms with Gasteiger partial charge in [0.15, 0.2) is 28.7 Å². The van der Waals surface area contributed by atoms with Crippen LogP contribution in [-0.4, -0.2) is 38.6 Å². The molecular formula is C21H28O7. The van der Waals surface area contributed by atoms with Crippen LogP contribution in [0, 0.1) is 0 Å². The summed E-state index contributed by atoms with van der Waals surface area (Å²) in [5, 5.41) is 45.1. The lowest BCUT2D eigenvalue weighted by atomic mass is 9.97. The molecule has 0 radical (unpaired) electrons. The first-order valence-electron chi connectivity index (χ1n) is 9.12. The summed E-state index contributed by atoms with van der Waals surface area (Å²) in [7, 11) is 1.60. The predicted octanol–water partition coefficient (Wildman–Crippen LogP) is 4.20. The van der Waals surface area contributed by atoms with Gasteiger partial charge in [0, 0.05) is 5.56 Å². The van der Waals surface area contributed by atoms with Gasteiger partial charge in [-0.1, -0.05) is 32.8 Å². The Kier molecular flexibility index (Phi) is 8.95. The molecule has 0 aromatic heterocycles. The Morgan fingerprint density at radius 1 is 0.929 bits per heavy atom. The van der Waals surface area contributed by atoms with Crippen molar-refractivity contribution in [2.45, 2.75) is 46.0 Å². The molecular weight excluding hydrogens is 364 g/mol. The Morgan fingerprint density at radius 2 is 1.54 bits per heavy atom. The first kappa shape index (κ1) is 23.0. The summed E-state index contributed by atoms with van der Waals surface area (Å²) in [6, 6.07) is 5.62. The number of hydrogen-bond acceptors (Lipinski definition) is 6. The highest BCUT2D eigenvalue weighted by atomic mass is 16.5. The van der Waals surface area contributed by atoms with E-state index in [1.807, 2.05) is 6.07 Å². The van der Waals surface area contributed by atoms with Gasteiger partial charge in [0.2, 0.25) is 0 Å². The molecule has 7 nitrogen and oxygen atoms in total. The van der Waals surface area contributed by atoms with E-state index in [1.165, 1.54) is 5.56 Å². The van der Waals surface area contributed by atoms with Gasteiger partial charge in [-0.25, -0.2) is 4.79 Å². The van der Waals surface area contributed by atoms with Crippen LogP contribution in [0.25, 0.3) is 0 Å². The van der Waals surface area contributed by atoms with Gasteiger partial charge < -0.3 is 30.3 Å². The Labute approximate surface area is 164 Å². The average molecular weight is 392 g/mol. The average Bonchev–Trinajstić information content (AvgIpc) is 2.66. The Morgan fingerprint density at radius 3 is 2.00 bits per heavy atom. The minimum atomic E-state index is -1.29. The van der Waals surface area contributed by atoms with Gasteiger partial charge in [-0.3, -0.25) is 0 Å². The van der Waals surface area contributed by atoms with Gasteiger partial charge in [-0.15, -0.1) is 0 Å². The lowest BCUT2D eigenvalue weighted by Gasteiger charge is -2.13. The molecule has 2 aromatic rings. The number of methoxy groups -OCH3 is 1. The van der Waals surface area contributed by atoms with Crippen molar-refractivity contribution in [2.24, 2.45) is 0 Å². The SMILES string of the molecule is CCCCc1c(CCC)ccc(OC)c1O.O=C(O)c1cc(O)c(O)c(O)c1. The maximum absolute atomic E-state index is 10.3. The molecule has 0 amide bonds. The molecule has 5 N–H and O–H groups in total. The Hall–Kier alpha value is -3.09. The van der Waals surface area contributed by atoms with Gasteiger partial charge in [-0.05, 0) is 43.0 Å². The van der Waals surface area contributed by atoms with Crippen LogP contribution >= 0.6 is 0 Å². The van der Waals surface area contributed by atoms with E-state index in [9.17, 15) is 9.90 Å². The third kappa shape index (κ3) is 5.97. The van der Waals surface area contributed by atoms with Crippen molar-refractivity contribution in [1.82, 2.24) is 0 Å². The number of unbranched alkanes of at least 4 members (excludes halogenated alkanes) is 1. The van der Waals surface area contributed by atoms with E-state index < -0.39 is 23.2 Å². The Balaban J connectivity index is 0.000000292. The Bertz CT molecular complexity index is 777. The number of aromatic hydroxyl groups is 4. The van der Waals surface area contributed by atoms with Crippen LogP contribution in [0.1, 0.15) is 54.6 Å². The number of ether oxygens (including phenoxy) is 1. The highest BCUT2D eigenvalue weighted by Crippen LogP contribution is 2.35. The van der Waals surface area contributed by atoms with E-state index in [2.05, 4.69) is 19.9 Å². The van der Waals surface area contributed by atoms with Crippen molar-refractivity contribution >= 4 is 5.97 Å². The molecule has 0 aliphatic carbocycles. The number of carboxylic acids is 1. The van der Waals surface area contributed by atoms with Gasteiger partial charge in [0.1, 0.15) is 0 Å². The van der Waals surface area contributed by atoms with E-state index >= 15 is 0 Å². The molecule has 154 valence electrons. The second kappa shape index (κ2) is 10.9. The molecule has 7 heteroatoms. The summed E-state index contributed by atoms with van der Waals surface area (Å²) in [5.74, 6) is -2.41. The molecule has 0 fully saturated rings. The zero-order valence-electron chi connectivity index (χ0n) is 16.4. The number of phenolic OH excluding ortho intramolecular Hbond substituents is 4. The van der Waals surface area contributed by atoms with Crippen LogP contribution in [0.2, 0.25) is 0 Å². The predicted molar refractivity (Wildman–Crippen MR) is 106 cm³/mol. The first-order chi connectivity index (χ1) is 13.3. The van der Waals surface area contributed by atoms with Crippen LogP contribution in [0.5, 0.6) is 28.7 Å². The number of benzene rings is 2. The number of hydrogen-bond donors (Lipinski definition) is 5. The number of aryl methyl sites for hydroxylation is 1. The zero-order valence-corrected chi connectivity index (χ0v) is 16.4. The standard InChI is InChI=1S/C14H22O2.C7H6O5/c1-4-6-8-12-11(7-5-2)9-10-13(16-3)14(12)15;8-4-1-3(7(11)12)2-5(9)6(4)10/h9-10,15H,4-8H2,1-3H3;1-2,8-10H,(H,11,12). The quantitative estimate of drug-likeness (QED) is 0.447. The number of rotatable bonds is 7. The largest absolute Gasteiger partial charge is 0.504 e. The van der Waals surface area contributed by atoms with E-state index in [0.717, 1.165) is 49.8 Å². The minimum Gasteiger partial charge on any atom is -0.504 e. The normalized spacial score (nSPS) is 10.1. The maximum atomic E-state index is 10.3. The van der Waals surface area contributed by atoms with Crippen LogP contribution in [-0.2, 0) is 12.8 Å².